The monoisotopic (exact) mass is 377 g/mol. The van der Waals surface area contributed by atoms with Gasteiger partial charge in [0.05, 0.1) is 22.1 Å². The van der Waals surface area contributed by atoms with Gasteiger partial charge in [-0.25, -0.2) is 14.8 Å². The molecule has 0 spiro atoms. The van der Waals surface area contributed by atoms with Crippen molar-refractivity contribution in [1.82, 2.24) is 14.9 Å². The molecule has 28 heavy (non-hydrogen) atoms. The van der Waals surface area contributed by atoms with Crippen molar-refractivity contribution in [2.24, 2.45) is 0 Å². The average Bonchev–Trinajstić information content (AvgIpc) is 3.07. The summed E-state index contributed by atoms with van der Waals surface area (Å²) in [4.78, 5) is 24.2. The number of carbonyl (C=O) groups excluding carboxylic acids is 1. The van der Waals surface area contributed by atoms with Gasteiger partial charge in [-0.05, 0) is 76.3 Å². The number of nitrogens with zero attached hydrogens (tertiary/aromatic N) is 3. The summed E-state index contributed by atoms with van der Waals surface area (Å²) in [6.45, 7) is 8.55. The minimum atomic E-state index is -0.482. The van der Waals surface area contributed by atoms with Crippen LogP contribution in [0.4, 0.5) is 4.79 Å². The summed E-state index contributed by atoms with van der Waals surface area (Å²) >= 11 is 0. The summed E-state index contributed by atoms with van der Waals surface area (Å²) in [7, 11) is 0. The smallest absolute Gasteiger partial charge is 0.410 e. The number of ether oxygens (including phenoxy) is 1. The second-order valence-electron chi connectivity index (χ2n) is 8.68. The van der Waals surface area contributed by atoms with E-state index in [1.807, 2.05) is 49.9 Å². The summed E-state index contributed by atoms with van der Waals surface area (Å²) in [5.41, 5.74) is 5.47. The third-order valence-electron chi connectivity index (χ3n) is 5.13. The minimum Gasteiger partial charge on any atom is -0.444 e. The molecule has 2 heterocycles. The van der Waals surface area contributed by atoms with Crippen molar-refractivity contribution in [3.63, 3.8) is 0 Å². The van der Waals surface area contributed by atoms with Crippen LogP contribution in [0, 0.1) is 6.92 Å². The number of aromatic nitrogens is 2. The van der Waals surface area contributed by atoms with Gasteiger partial charge in [-0.15, -0.1) is 0 Å². The largest absolute Gasteiger partial charge is 0.444 e. The number of rotatable bonds is 2. The number of benzene rings is 2. The topological polar surface area (TPSA) is 55.3 Å². The van der Waals surface area contributed by atoms with Crippen LogP contribution >= 0.6 is 0 Å². The minimum absolute atomic E-state index is 0.133. The van der Waals surface area contributed by atoms with E-state index < -0.39 is 5.60 Å². The van der Waals surface area contributed by atoms with Crippen molar-refractivity contribution in [3.8, 4) is 0 Å². The van der Waals surface area contributed by atoms with Crippen LogP contribution in [0.15, 0.2) is 36.4 Å². The average molecular weight is 377 g/mol. The maximum Gasteiger partial charge on any atom is 0.410 e. The zero-order chi connectivity index (χ0) is 19.9. The number of hydrogen-bond donors (Lipinski definition) is 0. The van der Waals surface area contributed by atoms with Crippen LogP contribution in [0.25, 0.3) is 22.1 Å². The molecule has 146 valence electrons. The standard InChI is InChI=1S/C23H27N3O2/c1-15-12-16(14-17-8-7-11-26(17)22(27)28-23(2,3)4)21-20(13-15)24-18-9-5-6-10-19(18)25-21/h5-6,9-10,12-13,17H,7-8,11,14H2,1-4H3/t17-/m0/s1. The quantitative estimate of drug-likeness (QED) is 0.588. The predicted octanol–water partition coefficient (Wildman–Crippen LogP) is 5.03. The van der Waals surface area contributed by atoms with Gasteiger partial charge in [0.1, 0.15) is 5.60 Å². The van der Waals surface area contributed by atoms with Crippen LogP contribution in [0.3, 0.4) is 0 Å². The molecule has 5 nitrogen and oxygen atoms in total. The van der Waals surface area contributed by atoms with Gasteiger partial charge in [-0.3, -0.25) is 0 Å². The molecule has 1 aromatic heterocycles. The second kappa shape index (κ2) is 7.04. The molecule has 1 atom stereocenters. The lowest BCUT2D eigenvalue weighted by atomic mass is 10.00. The lowest BCUT2D eigenvalue weighted by molar-refractivity contribution is 0.0227. The van der Waals surface area contributed by atoms with Crippen molar-refractivity contribution >= 4 is 28.2 Å². The van der Waals surface area contributed by atoms with E-state index >= 15 is 0 Å². The Kier molecular flexibility index (Phi) is 4.69. The summed E-state index contributed by atoms with van der Waals surface area (Å²) in [5, 5.41) is 0. The van der Waals surface area contributed by atoms with Crippen molar-refractivity contribution in [2.45, 2.75) is 58.6 Å². The van der Waals surface area contributed by atoms with Gasteiger partial charge in [0.25, 0.3) is 0 Å². The fraction of sp³-hybridized carbons (Fsp3) is 0.435. The molecule has 4 rings (SSSR count). The molecule has 0 unspecified atom stereocenters. The van der Waals surface area contributed by atoms with Crippen LogP contribution in [-0.4, -0.2) is 39.1 Å². The van der Waals surface area contributed by atoms with E-state index in [1.54, 1.807) is 0 Å². The van der Waals surface area contributed by atoms with Gasteiger partial charge in [0.15, 0.2) is 0 Å². The Bertz CT molecular complexity index is 1040. The van der Waals surface area contributed by atoms with E-state index in [0.717, 1.165) is 59.0 Å². The lowest BCUT2D eigenvalue weighted by Crippen LogP contribution is -2.40. The first kappa shape index (κ1) is 18.7. The van der Waals surface area contributed by atoms with Gasteiger partial charge >= 0.3 is 6.09 Å². The first-order valence-corrected chi connectivity index (χ1v) is 9.96. The Labute approximate surface area is 165 Å². The molecule has 1 saturated heterocycles. The Morgan fingerprint density at radius 2 is 1.86 bits per heavy atom. The Morgan fingerprint density at radius 1 is 1.14 bits per heavy atom. The molecule has 0 radical (unpaired) electrons. The molecular formula is C23H27N3O2. The van der Waals surface area contributed by atoms with Crippen LogP contribution in [-0.2, 0) is 11.2 Å². The third kappa shape index (κ3) is 3.79. The molecule has 0 aliphatic carbocycles. The zero-order valence-electron chi connectivity index (χ0n) is 17.0. The van der Waals surface area contributed by atoms with Gasteiger partial charge in [0, 0.05) is 12.6 Å². The van der Waals surface area contributed by atoms with E-state index in [0.29, 0.717) is 0 Å². The molecule has 5 heteroatoms. The summed E-state index contributed by atoms with van der Waals surface area (Å²) < 4.78 is 5.62. The Balaban J connectivity index is 1.68. The van der Waals surface area contributed by atoms with Crippen LogP contribution < -0.4 is 0 Å². The number of aryl methyl sites for hydroxylation is 1. The maximum atomic E-state index is 12.6. The SMILES string of the molecule is Cc1cc(C[C@@H]2CCCN2C(=O)OC(C)(C)C)c2nc3ccccc3nc2c1. The van der Waals surface area contributed by atoms with Gasteiger partial charge < -0.3 is 9.64 Å². The predicted molar refractivity (Wildman–Crippen MR) is 111 cm³/mol. The van der Waals surface area contributed by atoms with Gasteiger partial charge in [-0.2, -0.15) is 0 Å². The summed E-state index contributed by atoms with van der Waals surface area (Å²) in [6, 6.07) is 12.3. The molecule has 0 saturated carbocycles. The van der Waals surface area contributed by atoms with E-state index in [4.69, 9.17) is 14.7 Å². The van der Waals surface area contributed by atoms with E-state index in [9.17, 15) is 4.79 Å². The van der Waals surface area contributed by atoms with E-state index in [1.165, 1.54) is 0 Å². The highest BCUT2D eigenvalue weighted by molar-refractivity contribution is 5.88. The van der Waals surface area contributed by atoms with Crippen LogP contribution in [0.2, 0.25) is 0 Å². The zero-order valence-corrected chi connectivity index (χ0v) is 17.0. The Hall–Kier alpha value is -2.69. The molecular weight excluding hydrogens is 350 g/mol. The number of carbonyl (C=O) groups is 1. The maximum absolute atomic E-state index is 12.6. The molecule has 2 aromatic carbocycles. The number of likely N-dealkylation sites (tertiary alicyclic amines) is 1. The molecule has 1 aliphatic heterocycles. The molecule has 0 bridgehead atoms. The van der Waals surface area contributed by atoms with Crippen molar-refractivity contribution in [2.75, 3.05) is 6.54 Å². The third-order valence-corrected chi connectivity index (χ3v) is 5.13. The summed E-state index contributed by atoms with van der Waals surface area (Å²) in [5.74, 6) is 0. The second-order valence-corrected chi connectivity index (χ2v) is 8.68. The number of fused-ring (bicyclic) bond motifs is 2. The first-order chi connectivity index (χ1) is 13.3. The van der Waals surface area contributed by atoms with Crippen LogP contribution in [0.5, 0.6) is 0 Å². The van der Waals surface area contributed by atoms with Crippen LogP contribution in [0.1, 0.15) is 44.7 Å². The molecule has 1 amide bonds. The molecule has 3 aromatic rings. The van der Waals surface area contributed by atoms with Crippen molar-refractivity contribution in [1.29, 1.82) is 0 Å². The normalized spacial score (nSPS) is 17.4. The highest BCUT2D eigenvalue weighted by Gasteiger charge is 2.32. The Morgan fingerprint density at radius 3 is 2.57 bits per heavy atom. The first-order valence-electron chi connectivity index (χ1n) is 9.96. The number of hydrogen-bond acceptors (Lipinski definition) is 4. The highest BCUT2D eigenvalue weighted by Crippen LogP contribution is 2.28. The lowest BCUT2D eigenvalue weighted by Gasteiger charge is -2.29. The fourth-order valence-electron chi connectivity index (χ4n) is 3.97. The molecule has 1 aliphatic rings. The summed E-state index contributed by atoms with van der Waals surface area (Å²) in [6.07, 6.45) is 2.53. The molecule has 1 fully saturated rings. The van der Waals surface area contributed by atoms with E-state index in [-0.39, 0.29) is 12.1 Å². The molecule has 0 N–H and O–H groups in total. The van der Waals surface area contributed by atoms with Crippen molar-refractivity contribution < 1.29 is 9.53 Å². The highest BCUT2D eigenvalue weighted by atomic mass is 16.6. The number of para-hydroxylation sites is 2. The van der Waals surface area contributed by atoms with E-state index in [2.05, 4.69) is 19.1 Å². The fourth-order valence-corrected chi connectivity index (χ4v) is 3.97. The van der Waals surface area contributed by atoms with Crippen molar-refractivity contribution in [3.05, 3.63) is 47.5 Å². The van der Waals surface area contributed by atoms with Gasteiger partial charge in [0.2, 0.25) is 0 Å². The number of amides is 1. The van der Waals surface area contributed by atoms with Gasteiger partial charge in [-0.1, -0.05) is 18.2 Å².